The fourth-order valence-electron chi connectivity index (χ4n) is 2.25. The van der Waals surface area contributed by atoms with Crippen LogP contribution in [0.4, 0.5) is 0 Å². The zero-order valence-corrected chi connectivity index (χ0v) is 12.9. The minimum absolute atomic E-state index is 0.229. The van der Waals surface area contributed by atoms with Crippen LogP contribution in [0.3, 0.4) is 0 Å². The van der Waals surface area contributed by atoms with Gasteiger partial charge in [-0.1, -0.05) is 18.2 Å². The fourth-order valence-corrected chi connectivity index (χ4v) is 2.73. The molecular weight excluding hydrogens is 381 g/mol. The molecule has 3 aromatic rings. The molecule has 0 amide bonds. The molecule has 0 aliphatic heterocycles. The Morgan fingerprint density at radius 2 is 1.81 bits per heavy atom. The van der Waals surface area contributed by atoms with E-state index in [4.69, 9.17) is 0 Å². The first-order valence-corrected chi connectivity index (χ1v) is 7.29. The number of pyridine rings is 1. The van der Waals surface area contributed by atoms with Crippen LogP contribution < -0.4 is 5.43 Å². The maximum Gasteiger partial charge on any atom is 0.341 e. The van der Waals surface area contributed by atoms with E-state index in [0.29, 0.717) is 10.9 Å². The second-order valence-corrected chi connectivity index (χ2v) is 5.79. The van der Waals surface area contributed by atoms with Gasteiger partial charge in [0, 0.05) is 20.8 Å². The number of benzene rings is 2. The first kappa shape index (κ1) is 13.8. The molecule has 0 saturated heterocycles. The molecule has 0 unspecified atom stereocenters. The molecule has 0 bridgehead atoms. The minimum Gasteiger partial charge on any atom is -0.477 e. The molecule has 0 fully saturated rings. The van der Waals surface area contributed by atoms with Crippen molar-refractivity contribution in [3.05, 3.63) is 74.1 Å². The number of carboxylic acids is 1. The standard InChI is InChI=1S/C16H10INO3/c17-10-6-7-12-14(8-10)18(11-4-2-1-3-5-11)9-13(15(12)19)16(20)21/h1-9H,(H,20,21). The minimum atomic E-state index is -1.22. The molecule has 1 heterocycles. The SMILES string of the molecule is O=C(O)c1cn(-c2ccccc2)c2cc(I)ccc2c1=O. The van der Waals surface area contributed by atoms with Gasteiger partial charge < -0.3 is 9.67 Å². The Morgan fingerprint density at radius 3 is 2.48 bits per heavy atom. The molecule has 0 saturated carbocycles. The summed E-state index contributed by atoms with van der Waals surface area (Å²) in [6.45, 7) is 0. The molecule has 0 atom stereocenters. The van der Waals surface area contributed by atoms with Gasteiger partial charge in [0.2, 0.25) is 5.43 Å². The van der Waals surface area contributed by atoms with Crippen molar-refractivity contribution in [3.8, 4) is 5.69 Å². The summed E-state index contributed by atoms with van der Waals surface area (Å²) in [5.41, 5.74) is 0.823. The van der Waals surface area contributed by atoms with Crippen molar-refractivity contribution in [2.45, 2.75) is 0 Å². The average molecular weight is 391 g/mol. The van der Waals surface area contributed by atoms with Gasteiger partial charge in [-0.25, -0.2) is 4.79 Å². The zero-order chi connectivity index (χ0) is 15.0. The summed E-state index contributed by atoms with van der Waals surface area (Å²) in [7, 11) is 0. The highest BCUT2D eigenvalue weighted by molar-refractivity contribution is 14.1. The van der Waals surface area contributed by atoms with E-state index in [2.05, 4.69) is 22.6 Å². The summed E-state index contributed by atoms with van der Waals surface area (Å²) < 4.78 is 2.72. The number of hydrogen-bond acceptors (Lipinski definition) is 2. The molecule has 21 heavy (non-hydrogen) atoms. The normalized spacial score (nSPS) is 10.7. The highest BCUT2D eigenvalue weighted by Gasteiger charge is 2.15. The third kappa shape index (κ3) is 2.44. The second-order valence-electron chi connectivity index (χ2n) is 4.54. The predicted molar refractivity (Wildman–Crippen MR) is 89.2 cm³/mol. The predicted octanol–water partition coefficient (Wildman–Crippen LogP) is 3.29. The van der Waals surface area contributed by atoms with Gasteiger partial charge in [-0.2, -0.15) is 0 Å². The highest BCUT2D eigenvalue weighted by Crippen LogP contribution is 2.20. The monoisotopic (exact) mass is 391 g/mol. The van der Waals surface area contributed by atoms with Gasteiger partial charge in [-0.3, -0.25) is 4.79 Å². The molecule has 0 radical (unpaired) electrons. The van der Waals surface area contributed by atoms with Crippen LogP contribution in [0.1, 0.15) is 10.4 Å². The summed E-state index contributed by atoms with van der Waals surface area (Å²) in [6, 6.07) is 14.7. The van der Waals surface area contributed by atoms with Crippen LogP contribution in [0.2, 0.25) is 0 Å². The van der Waals surface area contributed by atoms with E-state index < -0.39 is 11.4 Å². The first-order valence-electron chi connectivity index (χ1n) is 6.21. The van der Waals surface area contributed by atoms with Crippen LogP contribution in [0.5, 0.6) is 0 Å². The van der Waals surface area contributed by atoms with E-state index in [1.54, 1.807) is 16.7 Å². The maximum atomic E-state index is 12.3. The highest BCUT2D eigenvalue weighted by atomic mass is 127. The molecule has 0 aliphatic rings. The lowest BCUT2D eigenvalue weighted by Crippen LogP contribution is -2.18. The van der Waals surface area contributed by atoms with Gasteiger partial charge >= 0.3 is 5.97 Å². The van der Waals surface area contributed by atoms with Crippen LogP contribution in [0.25, 0.3) is 16.6 Å². The van der Waals surface area contributed by atoms with Crippen molar-refractivity contribution in [1.82, 2.24) is 4.57 Å². The number of rotatable bonds is 2. The van der Waals surface area contributed by atoms with E-state index in [1.165, 1.54) is 6.20 Å². The molecule has 0 spiro atoms. The van der Waals surface area contributed by atoms with E-state index >= 15 is 0 Å². The Bertz CT molecular complexity index is 901. The number of aromatic carboxylic acids is 1. The van der Waals surface area contributed by atoms with Crippen LogP contribution in [0, 0.1) is 3.57 Å². The number of para-hydroxylation sites is 1. The van der Waals surface area contributed by atoms with Gasteiger partial charge in [0.15, 0.2) is 0 Å². The first-order chi connectivity index (χ1) is 10.1. The van der Waals surface area contributed by atoms with Crippen LogP contribution in [-0.2, 0) is 0 Å². The Morgan fingerprint density at radius 1 is 1.10 bits per heavy atom. The number of halogens is 1. The number of fused-ring (bicyclic) bond motifs is 1. The van der Waals surface area contributed by atoms with Crippen molar-refractivity contribution in [2.75, 3.05) is 0 Å². The van der Waals surface area contributed by atoms with Gasteiger partial charge in [-0.15, -0.1) is 0 Å². The number of aromatic nitrogens is 1. The molecule has 104 valence electrons. The van der Waals surface area contributed by atoms with E-state index in [1.807, 2.05) is 36.4 Å². The average Bonchev–Trinajstić information content (AvgIpc) is 2.48. The quantitative estimate of drug-likeness (QED) is 0.683. The Labute approximate surface area is 133 Å². The third-order valence-corrected chi connectivity index (χ3v) is 3.90. The summed E-state index contributed by atoms with van der Waals surface area (Å²) in [4.78, 5) is 23.6. The Kier molecular flexibility index (Phi) is 3.50. The molecule has 5 heteroatoms. The number of hydrogen-bond donors (Lipinski definition) is 1. The second kappa shape index (κ2) is 5.33. The molecule has 1 aromatic heterocycles. The Hall–Kier alpha value is -2.15. The molecule has 1 N–H and O–H groups in total. The van der Waals surface area contributed by atoms with Crippen molar-refractivity contribution in [1.29, 1.82) is 0 Å². The van der Waals surface area contributed by atoms with Gasteiger partial charge in [0.05, 0.1) is 5.52 Å². The summed E-state index contributed by atoms with van der Waals surface area (Å²) in [5, 5.41) is 9.64. The van der Waals surface area contributed by atoms with Gasteiger partial charge in [0.1, 0.15) is 5.56 Å². The van der Waals surface area contributed by atoms with Crippen molar-refractivity contribution in [2.24, 2.45) is 0 Å². The van der Waals surface area contributed by atoms with E-state index in [-0.39, 0.29) is 5.56 Å². The molecule has 4 nitrogen and oxygen atoms in total. The number of carbonyl (C=O) groups is 1. The molecule has 0 aliphatic carbocycles. The fraction of sp³-hybridized carbons (Fsp3) is 0. The van der Waals surface area contributed by atoms with Crippen LogP contribution in [0.15, 0.2) is 59.5 Å². The zero-order valence-electron chi connectivity index (χ0n) is 10.8. The molecular formula is C16H10INO3. The summed E-state index contributed by atoms with van der Waals surface area (Å²) in [6.07, 6.45) is 1.39. The van der Waals surface area contributed by atoms with E-state index in [0.717, 1.165) is 9.26 Å². The van der Waals surface area contributed by atoms with Crippen LogP contribution in [-0.4, -0.2) is 15.6 Å². The van der Waals surface area contributed by atoms with Crippen molar-refractivity contribution >= 4 is 39.5 Å². The lowest BCUT2D eigenvalue weighted by molar-refractivity contribution is 0.0695. The van der Waals surface area contributed by atoms with Crippen molar-refractivity contribution in [3.63, 3.8) is 0 Å². The largest absolute Gasteiger partial charge is 0.477 e. The molecule has 2 aromatic carbocycles. The van der Waals surface area contributed by atoms with E-state index in [9.17, 15) is 14.7 Å². The van der Waals surface area contributed by atoms with Crippen molar-refractivity contribution < 1.29 is 9.90 Å². The third-order valence-electron chi connectivity index (χ3n) is 3.23. The van der Waals surface area contributed by atoms with Gasteiger partial charge in [0.25, 0.3) is 0 Å². The maximum absolute atomic E-state index is 12.3. The smallest absolute Gasteiger partial charge is 0.341 e. The number of nitrogens with zero attached hydrogens (tertiary/aromatic N) is 1. The topological polar surface area (TPSA) is 59.3 Å². The van der Waals surface area contributed by atoms with Crippen LogP contribution >= 0.6 is 22.6 Å². The summed E-state index contributed by atoms with van der Waals surface area (Å²) >= 11 is 2.17. The summed E-state index contributed by atoms with van der Waals surface area (Å²) in [5.74, 6) is -1.22. The lowest BCUT2D eigenvalue weighted by atomic mass is 10.1. The lowest BCUT2D eigenvalue weighted by Gasteiger charge is -2.12. The van der Waals surface area contributed by atoms with Gasteiger partial charge in [-0.05, 0) is 52.9 Å². The number of carboxylic acid groups (broad SMARTS) is 1. The molecule has 3 rings (SSSR count). The Balaban J connectivity index is 2.47.